The average molecular weight is 205 g/mol. The predicted molar refractivity (Wildman–Crippen MR) is 63.1 cm³/mol. The molecule has 0 fully saturated rings. The van der Waals surface area contributed by atoms with E-state index in [9.17, 15) is 4.79 Å². The van der Waals surface area contributed by atoms with Crippen molar-refractivity contribution >= 4 is 5.78 Å². The van der Waals surface area contributed by atoms with E-state index in [4.69, 9.17) is 0 Å². The minimum absolute atomic E-state index is 0.0626. The first kappa shape index (κ1) is 11.9. The third kappa shape index (κ3) is 3.48. The molecule has 15 heavy (non-hydrogen) atoms. The zero-order valence-corrected chi connectivity index (χ0v) is 9.66. The zero-order chi connectivity index (χ0) is 11.3. The Hall–Kier alpha value is -1.15. The van der Waals surface area contributed by atoms with Crippen molar-refractivity contribution in [2.45, 2.75) is 26.3 Å². The molecule has 0 saturated heterocycles. The Kier molecular flexibility index (Phi) is 4.50. The van der Waals surface area contributed by atoms with Crippen LogP contribution in [0.15, 0.2) is 30.3 Å². The number of hydrogen-bond donors (Lipinski definition) is 1. The fraction of sp³-hybridized carbons (Fsp3) is 0.462. The van der Waals surface area contributed by atoms with Crippen LogP contribution in [0.4, 0.5) is 0 Å². The minimum Gasteiger partial charge on any atom is -0.310 e. The van der Waals surface area contributed by atoms with Gasteiger partial charge in [0.1, 0.15) is 0 Å². The van der Waals surface area contributed by atoms with Crippen LogP contribution in [0.25, 0.3) is 0 Å². The van der Waals surface area contributed by atoms with Gasteiger partial charge < -0.3 is 5.32 Å². The lowest BCUT2D eigenvalue weighted by Crippen LogP contribution is -2.35. The second kappa shape index (κ2) is 5.66. The maximum Gasteiger partial charge on any atom is 0.179 e. The fourth-order valence-corrected chi connectivity index (χ4v) is 1.63. The Labute approximate surface area is 91.7 Å². The van der Waals surface area contributed by atoms with Gasteiger partial charge >= 0.3 is 0 Å². The molecule has 1 atom stereocenters. The van der Waals surface area contributed by atoms with E-state index in [2.05, 4.69) is 19.2 Å². The second-order valence-corrected chi connectivity index (χ2v) is 4.20. The lowest BCUT2D eigenvalue weighted by Gasteiger charge is -2.16. The Morgan fingerprint density at radius 1 is 1.27 bits per heavy atom. The summed E-state index contributed by atoms with van der Waals surface area (Å²) in [5.41, 5.74) is 0.789. The molecule has 0 radical (unpaired) electrons. The van der Waals surface area contributed by atoms with Crippen LogP contribution in [-0.2, 0) is 0 Å². The number of rotatable bonds is 5. The van der Waals surface area contributed by atoms with Crippen LogP contribution in [0.2, 0.25) is 0 Å². The highest BCUT2D eigenvalue weighted by Crippen LogP contribution is 2.10. The van der Waals surface area contributed by atoms with Gasteiger partial charge in [-0.3, -0.25) is 4.79 Å². The van der Waals surface area contributed by atoms with Crippen molar-refractivity contribution in [1.29, 1.82) is 0 Å². The molecule has 2 nitrogen and oxygen atoms in total. The number of carbonyl (C=O) groups excluding carboxylic acids is 1. The van der Waals surface area contributed by atoms with Gasteiger partial charge in [-0.15, -0.1) is 0 Å². The predicted octanol–water partition coefficient (Wildman–Crippen LogP) is 2.50. The maximum absolute atomic E-state index is 12.0. The van der Waals surface area contributed by atoms with E-state index in [1.807, 2.05) is 37.4 Å². The average Bonchev–Trinajstić information content (AvgIpc) is 2.26. The summed E-state index contributed by atoms with van der Waals surface area (Å²) in [4.78, 5) is 12.0. The van der Waals surface area contributed by atoms with Crippen molar-refractivity contribution in [2.24, 2.45) is 5.92 Å². The van der Waals surface area contributed by atoms with E-state index in [0.717, 1.165) is 12.0 Å². The summed E-state index contributed by atoms with van der Waals surface area (Å²) in [7, 11) is 1.84. The molecule has 0 amide bonds. The van der Waals surface area contributed by atoms with Crippen molar-refractivity contribution in [3.8, 4) is 0 Å². The SMILES string of the molecule is CNC(CC(C)C)C(=O)c1ccccc1. The number of likely N-dealkylation sites (N-methyl/N-ethyl adjacent to an activating group) is 1. The van der Waals surface area contributed by atoms with Crippen LogP contribution in [0, 0.1) is 5.92 Å². The molecule has 0 aliphatic carbocycles. The first-order chi connectivity index (χ1) is 7.15. The number of carbonyl (C=O) groups is 1. The van der Waals surface area contributed by atoms with E-state index in [-0.39, 0.29) is 11.8 Å². The topological polar surface area (TPSA) is 29.1 Å². The highest BCUT2D eigenvalue weighted by molar-refractivity contribution is 6.00. The van der Waals surface area contributed by atoms with Crippen molar-refractivity contribution in [2.75, 3.05) is 7.05 Å². The first-order valence-electron chi connectivity index (χ1n) is 5.41. The van der Waals surface area contributed by atoms with Crippen LogP contribution in [0.1, 0.15) is 30.6 Å². The summed E-state index contributed by atoms with van der Waals surface area (Å²) in [6, 6.07) is 9.39. The molecule has 2 heteroatoms. The Morgan fingerprint density at radius 2 is 1.87 bits per heavy atom. The summed E-state index contributed by atoms with van der Waals surface area (Å²) in [6.45, 7) is 4.26. The highest BCUT2D eigenvalue weighted by Gasteiger charge is 2.18. The molecule has 0 aromatic heterocycles. The third-order valence-electron chi connectivity index (χ3n) is 2.43. The van der Waals surface area contributed by atoms with E-state index in [1.54, 1.807) is 0 Å². The zero-order valence-electron chi connectivity index (χ0n) is 9.66. The summed E-state index contributed by atoms with van der Waals surface area (Å²) < 4.78 is 0. The van der Waals surface area contributed by atoms with E-state index in [1.165, 1.54) is 0 Å². The van der Waals surface area contributed by atoms with Gasteiger partial charge in [0, 0.05) is 5.56 Å². The lowest BCUT2D eigenvalue weighted by atomic mass is 9.96. The van der Waals surface area contributed by atoms with Gasteiger partial charge in [0.25, 0.3) is 0 Å². The Balaban J connectivity index is 2.74. The smallest absolute Gasteiger partial charge is 0.179 e. The van der Waals surface area contributed by atoms with Crippen molar-refractivity contribution in [3.05, 3.63) is 35.9 Å². The quantitative estimate of drug-likeness (QED) is 0.748. The van der Waals surface area contributed by atoms with Crippen molar-refractivity contribution < 1.29 is 4.79 Å². The van der Waals surface area contributed by atoms with Crippen LogP contribution in [-0.4, -0.2) is 18.9 Å². The van der Waals surface area contributed by atoms with Gasteiger partial charge in [0.05, 0.1) is 6.04 Å². The van der Waals surface area contributed by atoms with Crippen LogP contribution in [0.3, 0.4) is 0 Å². The molecule has 0 aliphatic heterocycles. The van der Waals surface area contributed by atoms with Gasteiger partial charge in [-0.25, -0.2) is 0 Å². The molecule has 1 aromatic rings. The third-order valence-corrected chi connectivity index (χ3v) is 2.43. The number of benzene rings is 1. The Bertz CT molecular complexity index is 306. The van der Waals surface area contributed by atoms with Gasteiger partial charge in [0.15, 0.2) is 5.78 Å². The molecule has 1 rings (SSSR count). The molecular formula is C13H19NO. The van der Waals surface area contributed by atoms with Crippen molar-refractivity contribution in [3.63, 3.8) is 0 Å². The number of nitrogens with one attached hydrogen (secondary N) is 1. The molecule has 82 valence electrons. The van der Waals surface area contributed by atoms with Gasteiger partial charge in [0.2, 0.25) is 0 Å². The molecular weight excluding hydrogens is 186 g/mol. The first-order valence-corrected chi connectivity index (χ1v) is 5.41. The second-order valence-electron chi connectivity index (χ2n) is 4.20. The molecule has 0 aliphatic rings. The summed E-state index contributed by atoms with van der Waals surface area (Å²) >= 11 is 0. The summed E-state index contributed by atoms with van der Waals surface area (Å²) in [6.07, 6.45) is 0.879. The monoisotopic (exact) mass is 205 g/mol. The molecule has 1 N–H and O–H groups in total. The van der Waals surface area contributed by atoms with E-state index < -0.39 is 0 Å². The lowest BCUT2D eigenvalue weighted by molar-refractivity contribution is 0.0935. The Morgan fingerprint density at radius 3 is 2.33 bits per heavy atom. The maximum atomic E-state index is 12.0. The van der Waals surface area contributed by atoms with Crippen LogP contribution >= 0.6 is 0 Å². The molecule has 0 saturated carbocycles. The molecule has 0 bridgehead atoms. The largest absolute Gasteiger partial charge is 0.310 e. The standard InChI is InChI=1S/C13H19NO/c1-10(2)9-12(14-3)13(15)11-7-5-4-6-8-11/h4-8,10,12,14H,9H2,1-3H3. The molecule has 0 heterocycles. The fourth-order valence-electron chi connectivity index (χ4n) is 1.63. The summed E-state index contributed by atoms with van der Waals surface area (Å²) in [5, 5.41) is 3.08. The van der Waals surface area contributed by atoms with E-state index in [0.29, 0.717) is 5.92 Å². The van der Waals surface area contributed by atoms with Gasteiger partial charge in [-0.1, -0.05) is 44.2 Å². The van der Waals surface area contributed by atoms with Crippen molar-refractivity contribution in [1.82, 2.24) is 5.32 Å². The molecule has 1 aromatic carbocycles. The summed E-state index contributed by atoms with van der Waals surface area (Å²) in [5.74, 6) is 0.710. The minimum atomic E-state index is -0.0626. The number of hydrogen-bond acceptors (Lipinski definition) is 2. The van der Waals surface area contributed by atoms with Crippen LogP contribution in [0.5, 0.6) is 0 Å². The van der Waals surface area contributed by atoms with Gasteiger partial charge in [-0.05, 0) is 19.4 Å². The van der Waals surface area contributed by atoms with E-state index >= 15 is 0 Å². The number of ketones is 1. The molecule has 0 spiro atoms. The number of Topliss-reactive ketones (excluding diaryl/α,β-unsaturated/α-hetero) is 1. The normalized spacial score (nSPS) is 12.8. The highest BCUT2D eigenvalue weighted by atomic mass is 16.1. The molecule has 1 unspecified atom stereocenters. The van der Waals surface area contributed by atoms with Crippen LogP contribution < -0.4 is 5.32 Å². The van der Waals surface area contributed by atoms with Gasteiger partial charge in [-0.2, -0.15) is 0 Å².